The fraction of sp³-hybridized carbons (Fsp3) is 0.417. The van der Waals surface area contributed by atoms with E-state index in [9.17, 15) is 18.8 Å². The van der Waals surface area contributed by atoms with Crippen LogP contribution in [0.4, 0.5) is 9.18 Å². The topological polar surface area (TPSA) is 97.4 Å². The van der Waals surface area contributed by atoms with E-state index in [0.29, 0.717) is 0 Å². The van der Waals surface area contributed by atoms with Crippen molar-refractivity contribution in [2.75, 3.05) is 0 Å². The van der Waals surface area contributed by atoms with Crippen LogP contribution in [-0.4, -0.2) is 40.5 Å². The Labute approximate surface area is 187 Å². The third kappa shape index (κ3) is 7.76. The van der Waals surface area contributed by atoms with Crippen molar-refractivity contribution in [3.63, 3.8) is 0 Å². The molecule has 32 heavy (non-hydrogen) atoms. The van der Waals surface area contributed by atoms with E-state index in [2.05, 4.69) is 15.6 Å². The highest BCUT2D eigenvalue weighted by atomic mass is 19.1. The molecule has 2 rings (SSSR count). The first-order valence-electron chi connectivity index (χ1n) is 10.5. The zero-order valence-corrected chi connectivity index (χ0v) is 19.1. The van der Waals surface area contributed by atoms with Crippen LogP contribution in [-0.2, 0) is 22.4 Å². The van der Waals surface area contributed by atoms with E-state index < -0.39 is 29.3 Å². The van der Waals surface area contributed by atoms with E-state index in [0.717, 1.165) is 0 Å². The molecule has 0 aliphatic carbocycles. The Hall–Kier alpha value is -3.29. The van der Waals surface area contributed by atoms with Gasteiger partial charge in [0.1, 0.15) is 11.4 Å². The van der Waals surface area contributed by atoms with Gasteiger partial charge in [-0.3, -0.25) is 14.6 Å². The van der Waals surface area contributed by atoms with Gasteiger partial charge in [-0.15, -0.1) is 0 Å². The van der Waals surface area contributed by atoms with Gasteiger partial charge in [0.2, 0.25) is 0 Å². The number of carbonyl (C=O) groups is 3. The molecule has 0 spiro atoms. The molecule has 2 aromatic rings. The molecule has 0 aliphatic rings. The molecular formula is C24H30FN3O4. The normalized spacial score (nSPS) is 12.2. The van der Waals surface area contributed by atoms with Crippen LogP contribution in [0, 0.1) is 5.82 Å². The minimum Gasteiger partial charge on any atom is -0.444 e. The molecule has 2 amide bonds. The molecule has 0 saturated carbocycles. The van der Waals surface area contributed by atoms with Gasteiger partial charge in [-0.25, -0.2) is 9.18 Å². The van der Waals surface area contributed by atoms with E-state index in [4.69, 9.17) is 4.74 Å². The molecule has 1 aromatic carbocycles. The van der Waals surface area contributed by atoms with Gasteiger partial charge in [0, 0.05) is 18.7 Å². The number of Topliss-reactive ketones (excluding diaryl/α,β-unsaturated/α-hetero) is 1. The van der Waals surface area contributed by atoms with Crippen LogP contribution in [0.3, 0.4) is 0 Å². The third-order valence-corrected chi connectivity index (χ3v) is 4.36. The lowest BCUT2D eigenvalue weighted by molar-refractivity contribution is -0.120. The lowest BCUT2D eigenvalue weighted by atomic mass is 9.97. The molecule has 0 radical (unpaired) electrons. The van der Waals surface area contributed by atoms with Crippen LogP contribution in [0.15, 0.2) is 42.6 Å². The summed E-state index contributed by atoms with van der Waals surface area (Å²) in [4.78, 5) is 42.2. The van der Waals surface area contributed by atoms with Gasteiger partial charge in [-0.2, -0.15) is 0 Å². The summed E-state index contributed by atoms with van der Waals surface area (Å²) in [7, 11) is 0. The van der Waals surface area contributed by atoms with Gasteiger partial charge in [0.15, 0.2) is 5.78 Å². The largest absolute Gasteiger partial charge is 0.444 e. The minimum absolute atomic E-state index is 0.0644. The number of amides is 2. The Morgan fingerprint density at radius 1 is 1.06 bits per heavy atom. The second-order valence-electron chi connectivity index (χ2n) is 8.76. The maximum absolute atomic E-state index is 14.2. The molecule has 1 unspecified atom stereocenters. The van der Waals surface area contributed by atoms with Crippen molar-refractivity contribution in [2.45, 2.75) is 65.1 Å². The average molecular weight is 444 g/mol. The minimum atomic E-state index is -1.07. The van der Waals surface area contributed by atoms with Crippen molar-refractivity contribution in [1.29, 1.82) is 0 Å². The maximum Gasteiger partial charge on any atom is 0.408 e. The molecule has 0 bridgehead atoms. The van der Waals surface area contributed by atoms with Crippen molar-refractivity contribution in [2.24, 2.45) is 0 Å². The van der Waals surface area contributed by atoms with Crippen molar-refractivity contribution in [1.82, 2.24) is 15.6 Å². The van der Waals surface area contributed by atoms with Crippen LogP contribution in [0.25, 0.3) is 0 Å². The van der Waals surface area contributed by atoms with E-state index in [1.807, 2.05) is 13.8 Å². The van der Waals surface area contributed by atoms with Crippen molar-refractivity contribution < 1.29 is 23.5 Å². The standard InChI is InChI=1S/C24H30FN3O4/c1-15(2)27-22(30)17-10-8-12-26-19(17)14-21(29)20(28-23(31)32-24(3,4)5)13-16-9-6-7-11-18(16)25/h6-12,15,20H,13-14H2,1-5H3,(H,27,30)(H,28,31). The highest BCUT2D eigenvalue weighted by Gasteiger charge is 2.27. The van der Waals surface area contributed by atoms with Gasteiger partial charge < -0.3 is 15.4 Å². The Balaban J connectivity index is 2.27. The zero-order valence-electron chi connectivity index (χ0n) is 19.1. The lowest BCUT2D eigenvalue weighted by Crippen LogP contribution is -2.45. The first-order valence-corrected chi connectivity index (χ1v) is 10.5. The lowest BCUT2D eigenvalue weighted by Gasteiger charge is -2.23. The number of rotatable bonds is 8. The Morgan fingerprint density at radius 2 is 1.75 bits per heavy atom. The number of carbonyl (C=O) groups excluding carboxylic acids is 3. The summed E-state index contributed by atoms with van der Waals surface area (Å²) in [6, 6.07) is 8.08. The van der Waals surface area contributed by atoms with Gasteiger partial charge in [-0.05, 0) is 58.4 Å². The number of alkyl carbamates (subject to hydrolysis) is 1. The molecule has 8 heteroatoms. The first-order chi connectivity index (χ1) is 15.0. The number of ether oxygens (including phenoxy) is 1. The Bertz CT molecular complexity index is 970. The molecule has 0 saturated heterocycles. The molecule has 172 valence electrons. The molecule has 1 aromatic heterocycles. The van der Waals surface area contributed by atoms with Crippen molar-refractivity contribution >= 4 is 17.8 Å². The number of hydrogen-bond donors (Lipinski definition) is 2. The van der Waals surface area contributed by atoms with E-state index in [1.165, 1.54) is 12.3 Å². The average Bonchev–Trinajstić information content (AvgIpc) is 2.67. The number of nitrogens with one attached hydrogen (secondary N) is 2. The summed E-state index contributed by atoms with van der Waals surface area (Å²) >= 11 is 0. The van der Waals surface area contributed by atoms with E-state index in [-0.39, 0.29) is 41.6 Å². The van der Waals surface area contributed by atoms with Crippen LogP contribution >= 0.6 is 0 Å². The van der Waals surface area contributed by atoms with E-state index >= 15 is 0 Å². The van der Waals surface area contributed by atoms with Crippen LogP contribution < -0.4 is 10.6 Å². The number of ketones is 1. The SMILES string of the molecule is CC(C)NC(=O)c1cccnc1CC(=O)C(Cc1ccccc1F)NC(=O)OC(C)(C)C. The van der Waals surface area contributed by atoms with Gasteiger partial charge >= 0.3 is 6.09 Å². The Kier molecular flexibility index (Phi) is 8.46. The predicted molar refractivity (Wildman–Crippen MR) is 119 cm³/mol. The number of hydrogen-bond acceptors (Lipinski definition) is 5. The molecular weight excluding hydrogens is 413 g/mol. The van der Waals surface area contributed by atoms with E-state index in [1.54, 1.807) is 51.1 Å². The quantitative estimate of drug-likeness (QED) is 0.650. The number of nitrogens with zero attached hydrogens (tertiary/aromatic N) is 1. The summed E-state index contributed by atoms with van der Waals surface area (Å²) in [5.74, 6) is -1.25. The number of aromatic nitrogens is 1. The molecule has 1 atom stereocenters. The second kappa shape index (κ2) is 10.8. The Morgan fingerprint density at radius 3 is 2.38 bits per heavy atom. The molecule has 7 nitrogen and oxygen atoms in total. The number of pyridine rings is 1. The third-order valence-electron chi connectivity index (χ3n) is 4.36. The molecule has 2 N–H and O–H groups in total. The summed E-state index contributed by atoms with van der Waals surface area (Å²) in [5, 5.41) is 5.32. The van der Waals surface area contributed by atoms with Crippen LogP contribution in [0.1, 0.15) is 56.2 Å². The summed E-state index contributed by atoms with van der Waals surface area (Å²) in [5.41, 5.74) is 0.0658. The van der Waals surface area contributed by atoms with Crippen LogP contribution in [0.5, 0.6) is 0 Å². The van der Waals surface area contributed by atoms with Gasteiger partial charge in [0.25, 0.3) is 5.91 Å². The smallest absolute Gasteiger partial charge is 0.408 e. The maximum atomic E-state index is 14.2. The highest BCUT2D eigenvalue weighted by molar-refractivity contribution is 5.97. The fourth-order valence-corrected chi connectivity index (χ4v) is 2.99. The molecule has 0 aliphatic heterocycles. The summed E-state index contributed by atoms with van der Waals surface area (Å²) in [6.07, 6.45) is 0.426. The second-order valence-corrected chi connectivity index (χ2v) is 8.76. The summed E-state index contributed by atoms with van der Waals surface area (Å²) in [6.45, 7) is 8.76. The number of benzene rings is 1. The van der Waals surface area contributed by atoms with Gasteiger partial charge in [-0.1, -0.05) is 18.2 Å². The monoisotopic (exact) mass is 443 g/mol. The number of halogens is 1. The van der Waals surface area contributed by atoms with Crippen molar-refractivity contribution in [3.05, 3.63) is 65.2 Å². The highest BCUT2D eigenvalue weighted by Crippen LogP contribution is 2.14. The van der Waals surface area contributed by atoms with Crippen LogP contribution in [0.2, 0.25) is 0 Å². The first kappa shape index (κ1) is 25.0. The summed E-state index contributed by atoms with van der Waals surface area (Å²) < 4.78 is 19.5. The molecule has 0 fully saturated rings. The van der Waals surface area contributed by atoms with Crippen molar-refractivity contribution in [3.8, 4) is 0 Å². The molecule has 1 heterocycles. The zero-order chi connectivity index (χ0) is 23.9. The predicted octanol–water partition coefficient (Wildman–Crippen LogP) is 3.61. The van der Waals surface area contributed by atoms with Gasteiger partial charge in [0.05, 0.1) is 23.7 Å². The fourth-order valence-electron chi connectivity index (χ4n) is 2.99.